The van der Waals surface area contributed by atoms with Crippen molar-refractivity contribution in [2.45, 2.75) is 12.3 Å². The van der Waals surface area contributed by atoms with Crippen molar-refractivity contribution in [2.24, 2.45) is 7.05 Å². The molecule has 8 heteroatoms. The second-order valence-corrected chi connectivity index (χ2v) is 7.36. The summed E-state index contributed by atoms with van der Waals surface area (Å²) >= 11 is 0. The number of esters is 1. The standard InChI is InChI=1S/C24H21NO7/c1-25-18-11-14(30-2)9-8-13(18)10-17(24(25)29)16(12-20(26)31-3)23-22(28)21(27)15-6-4-5-7-19(15)32-23/h4-11,16,28H,12H2,1-3H3/t16-/m1/s1. The Morgan fingerprint density at radius 1 is 1.12 bits per heavy atom. The van der Waals surface area contributed by atoms with E-state index in [0.29, 0.717) is 16.7 Å². The van der Waals surface area contributed by atoms with Crippen molar-refractivity contribution in [1.82, 2.24) is 4.57 Å². The van der Waals surface area contributed by atoms with E-state index in [0.717, 1.165) is 0 Å². The van der Waals surface area contributed by atoms with Crippen LogP contribution in [0.4, 0.5) is 0 Å². The molecule has 4 rings (SSSR count). The van der Waals surface area contributed by atoms with Gasteiger partial charge in [-0.25, -0.2) is 0 Å². The molecule has 4 aromatic rings. The molecule has 2 aromatic heterocycles. The maximum atomic E-state index is 13.3. The molecule has 0 saturated carbocycles. The van der Waals surface area contributed by atoms with Crippen molar-refractivity contribution < 1.29 is 23.8 Å². The topological polar surface area (TPSA) is 108 Å². The highest BCUT2D eigenvalue weighted by atomic mass is 16.5. The summed E-state index contributed by atoms with van der Waals surface area (Å²) in [6, 6.07) is 13.3. The number of fused-ring (bicyclic) bond motifs is 2. The molecule has 2 aromatic carbocycles. The summed E-state index contributed by atoms with van der Waals surface area (Å²) in [6.07, 6.45) is -0.303. The molecule has 0 aliphatic carbocycles. The molecule has 0 bridgehead atoms. The fourth-order valence-corrected chi connectivity index (χ4v) is 3.82. The van der Waals surface area contributed by atoms with Gasteiger partial charge in [0.15, 0.2) is 5.76 Å². The van der Waals surface area contributed by atoms with Gasteiger partial charge in [0.1, 0.15) is 11.3 Å². The summed E-state index contributed by atoms with van der Waals surface area (Å²) < 4.78 is 17.3. The van der Waals surface area contributed by atoms with Gasteiger partial charge in [0, 0.05) is 18.7 Å². The number of carbonyl (C=O) groups excluding carboxylic acids is 1. The maximum absolute atomic E-state index is 13.3. The van der Waals surface area contributed by atoms with E-state index in [2.05, 4.69) is 0 Å². The van der Waals surface area contributed by atoms with Crippen LogP contribution in [-0.4, -0.2) is 29.9 Å². The Labute approximate surface area is 182 Å². The van der Waals surface area contributed by atoms with Crippen molar-refractivity contribution in [3.05, 3.63) is 80.4 Å². The number of nitrogens with zero attached hydrogens (tertiary/aromatic N) is 1. The zero-order chi connectivity index (χ0) is 23.0. The van der Waals surface area contributed by atoms with Gasteiger partial charge in [-0.2, -0.15) is 0 Å². The van der Waals surface area contributed by atoms with Crippen LogP contribution in [-0.2, 0) is 16.6 Å². The summed E-state index contributed by atoms with van der Waals surface area (Å²) in [7, 11) is 4.35. The van der Waals surface area contributed by atoms with E-state index < -0.39 is 28.6 Å². The lowest BCUT2D eigenvalue weighted by molar-refractivity contribution is -0.140. The number of ether oxygens (including phenoxy) is 2. The lowest BCUT2D eigenvalue weighted by atomic mass is 9.91. The van der Waals surface area contributed by atoms with E-state index in [-0.39, 0.29) is 28.7 Å². The molecule has 0 fully saturated rings. The number of aryl methyl sites for hydroxylation is 1. The van der Waals surface area contributed by atoms with Gasteiger partial charge in [-0.3, -0.25) is 14.4 Å². The number of hydrogen-bond donors (Lipinski definition) is 1. The fraction of sp³-hybridized carbons (Fsp3) is 0.208. The van der Waals surface area contributed by atoms with Crippen molar-refractivity contribution in [3.63, 3.8) is 0 Å². The smallest absolute Gasteiger partial charge is 0.306 e. The summed E-state index contributed by atoms with van der Waals surface area (Å²) in [5, 5.41) is 11.6. The largest absolute Gasteiger partial charge is 0.502 e. The average Bonchev–Trinajstić information content (AvgIpc) is 2.82. The van der Waals surface area contributed by atoms with E-state index in [1.807, 2.05) is 0 Å². The number of carbonyl (C=O) groups is 1. The number of methoxy groups -OCH3 is 2. The van der Waals surface area contributed by atoms with Crippen LogP contribution in [0.5, 0.6) is 11.5 Å². The third-order valence-corrected chi connectivity index (χ3v) is 5.55. The van der Waals surface area contributed by atoms with Crippen molar-refractivity contribution >= 4 is 27.8 Å². The number of pyridine rings is 1. The van der Waals surface area contributed by atoms with E-state index in [4.69, 9.17) is 13.9 Å². The SMILES string of the molecule is COC(=O)C[C@@H](c1oc2ccccc2c(=O)c1O)c1cc2ccc(OC)cc2n(C)c1=O. The molecule has 0 spiro atoms. The van der Waals surface area contributed by atoms with E-state index >= 15 is 0 Å². The van der Waals surface area contributed by atoms with E-state index in [9.17, 15) is 19.5 Å². The Morgan fingerprint density at radius 3 is 2.59 bits per heavy atom. The van der Waals surface area contributed by atoms with Crippen LogP contribution in [0.3, 0.4) is 0 Å². The third-order valence-electron chi connectivity index (χ3n) is 5.55. The zero-order valence-electron chi connectivity index (χ0n) is 17.7. The first-order valence-corrected chi connectivity index (χ1v) is 9.85. The highest BCUT2D eigenvalue weighted by Crippen LogP contribution is 2.34. The predicted octanol–water partition coefficient (Wildman–Crippen LogP) is 3.05. The fourth-order valence-electron chi connectivity index (χ4n) is 3.82. The van der Waals surface area contributed by atoms with Gasteiger partial charge < -0.3 is 23.6 Å². The summed E-state index contributed by atoms with van der Waals surface area (Å²) in [5.74, 6) is -1.88. The number of aromatic hydroxyl groups is 1. The quantitative estimate of drug-likeness (QED) is 0.480. The molecule has 0 radical (unpaired) electrons. The molecule has 0 unspecified atom stereocenters. The Balaban J connectivity index is 2.01. The Morgan fingerprint density at radius 2 is 1.88 bits per heavy atom. The number of rotatable bonds is 5. The van der Waals surface area contributed by atoms with Gasteiger partial charge in [0.05, 0.1) is 37.5 Å². The van der Waals surface area contributed by atoms with Gasteiger partial charge in [-0.15, -0.1) is 0 Å². The first-order valence-electron chi connectivity index (χ1n) is 9.85. The molecule has 8 nitrogen and oxygen atoms in total. The highest BCUT2D eigenvalue weighted by molar-refractivity contribution is 5.82. The summed E-state index contributed by atoms with van der Waals surface area (Å²) in [5.41, 5.74) is -0.000142. The van der Waals surface area contributed by atoms with Crippen LogP contribution in [0.1, 0.15) is 23.7 Å². The second kappa shape index (κ2) is 8.22. The van der Waals surface area contributed by atoms with Crippen LogP contribution in [0.15, 0.2) is 62.5 Å². The molecule has 164 valence electrons. The summed E-state index contributed by atoms with van der Waals surface area (Å²) in [6.45, 7) is 0. The first-order chi connectivity index (χ1) is 15.3. The van der Waals surface area contributed by atoms with Gasteiger partial charge >= 0.3 is 5.97 Å². The molecular formula is C24H21NO7. The van der Waals surface area contributed by atoms with E-state index in [1.54, 1.807) is 49.5 Å². The van der Waals surface area contributed by atoms with Gasteiger partial charge in [0.25, 0.3) is 5.56 Å². The van der Waals surface area contributed by atoms with Gasteiger partial charge in [-0.05, 0) is 35.7 Å². The van der Waals surface area contributed by atoms with Crippen LogP contribution in [0.25, 0.3) is 21.9 Å². The molecule has 0 aliphatic rings. The Hall–Kier alpha value is -4.07. The number of benzene rings is 2. The lowest BCUT2D eigenvalue weighted by Gasteiger charge is -2.18. The Bertz CT molecular complexity index is 1470. The van der Waals surface area contributed by atoms with Crippen LogP contribution in [0, 0.1) is 0 Å². The van der Waals surface area contributed by atoms with Crippen LogP contribution >= 0.6 is 0 Å². The molecule has 32 heavy (non-hydrogen) atoms. The molecule has 2 heterocycles. The van der Waals surface area contributed by atoms with Crippen LogP contribution in [0.2, 0.25) is 0 Å². The average molecular weight is 435 g/mol. The molecule has 0 aliphatic heterocycles. The first kappa shape index (κ1) is 21.2. The lowest BCUT2D eigenvalue weighted by Crippen LogP contribution is -2.26. The number of para-hydroxylation sites is 1. The van der Waals surface area contributed by atoms with Crippen molar-refractivity contribution in [3.8, 4) is 11.5 Å². The molecule has 0 amide bonds. The maximum Gasteiger partial charge on any atom is 0.306 e. The van der Waals surface area contributed by atoms with Gasteiger partial charge in [-0.1, -0.05) is 12.1 Å². The monoisotopic (exact) mass is 435 g/mol. The molecule has 0 saturated heterocycles. The normalized spacial score (nSPS) is 12.1. The number of aromatic nitrogens is 1. The van der Waals surface area contributed by atoms with E-state index in [1.165, 1.54) is 24.9 Å². The van der Waals surface area contributed by atoms with Crippen molar-refractivity contribution in [2.75, 3.05) is 14.2 Å². The number of hydrogen-bond acceptors (Lipinski definition) is 7. The predicted molar refractivity (Wildman–Crippen MR) is 118 cm³/mol. The molecular weight excluding hydrogens is 414 g/mol. The molecule has 1 N–H and O–H groups in total. The minimum absolute atomic E-state index is 0.163. The van der Waals surface area contributed by atoms with Crippen molar-refractivity contribution in [1.29, 1.82) is 0 Å². The molecule has 1 atom stereocenters. The minimum Gasteiger partial charge on any atom is -0.502 e. The highest BCUT2D eigenvalue weighted by Gasteiger charge is 2.30. The third kappa shape index (κ3) is 3.49. The van der Waals surface area contributed by atoms with Gasteiger partial charge in [0.2, 0.25) is 11.2 Å². The second-order valence-electron chi connectivity index (χ2n) is 7.36. The zero-order valence-corrected chi connectivity index (χ0v) is 17.7. The Kier molecular flexibility index (Phi) is 5.44. The summed E-state index contributed by atoms with van der Waals surface area (Å²) in [4.78, 5) is 38.3. The minimum atomic E-state index is -1.04. The van der Waals surface area contributed by atoms with Crippen LogP contribution < -0.4 is 15.7 Å².